The molecule has 1 fully saturated rings. The van der Waals surface area contributed by atoms with Gasteiger partial charge >= 0.3 is 6.03 Å². The zero-order valence-corrected chi connectivity index (χ0v) is 17.7. The van der Waals surface area contributed by atoms with E-state index in [0.717, 1.165) is 29.4 Å². The van der Waals surface area contributed by atoms with Crippen LogP contribution in [0.15, 0.2) is 30.5 Å². The third-order valence-electron chi connectivity index (χ3n) is 5.55. The van der Waals surface area contributed by atoms with Crippen LogP contribution in [0.5, 0.6) is 0 Å². The van der Waals surface area contributed by atoms with E-state index in [2.05, 4.69) is 20.6 Å². The highest BCUT2D eigenvalue weighted by Gasteiger charge is 2.30. The number of fused-ring (bicyclic) bond motifs is 1. The molecule has 3 aromatic rings. The molecule has 0 bridgehead atoms. The van der Waals surface area contributed by atoms with Gasteiger partial charge in [0.15, 0.2) is 0 Å². The molecule has 2 aromatic heterocycles. The summed E-state index contributed by atoms with van der Waals surface area (Å²) in [6.07, 6.45) is 3.15. The largest absolute Gasteiger partial charge is 0.357 e. The third kappa shape index (κ3) is 4.11. The molecule has 1 aliphatic heterocycles. The Kier molecular flexibility index (Phi) is 5.63. The number of amides is 3. The van der Waals surface area contributed by atoms with Crippen molar-refractivity contribution in [3.8, 4) is 0 Å². The number of carbonyl (C=O) groups excluding carboxylic acids is 2. The Hall–Kier alpha value is -3.07. The summed E-state index contributed by atoms with van der Waals surface area (Å²) in [5, 5.41) is 12.2. The van der Waals surface area contributed by atoms with Crippen molar-refractivity contribution in [2.24, 2.45) is 7.05 Å². The van der Waals surface area contributed by atoms with Crippen molar-refractivity contribution in [1.82, 2.24) is 35.1 Å². The van der Waals surface area contributed by atoms with Crippen LogP contribution in [0.3, 0.4) is 0 Å². The number of likely N-dealkylation sites (tertiary alicyclic amines) is 1. The van der Waals surface area contributed by atoms with Gasteiger partial charge in [-0.05, 0) is 37.1 Å². The maximum atomic E-state index is 12.7. The SMILES string of the molecule is CN(C(=O)NCc1cc2cc(Cl)ccc2[nH]1)C1CCCN(C(=O)c2cnnn2C)C1. The molecule has 10 heteroatoms. The first-order valence-corrected chi connectivity index (χ1v) is 10.2. The molecule has 2 N–H and O–H groups in total. The number of benzene rings is 1. The molecule has 0 radical (unpaired) electrons. The predicted molar refractivity (Wildman–Crippen MR) is 113 cm³/mol. The molecule has 1 unspecified atom stereocenters. The average molecular weight is 430 g/mol. The second kappa shape index (κ2) is 8.35. The van der Waals surface area contributed by atoms with Gasteiger partial charge in [0, 0.05) is 48.8 Å². The van der Waals surface area contributed by atoms with Crippen molar-refractivity contribution in [1.29, 1.82) is 0 Å². The van der Waals surface area contributed by atoms with Gasteiger partial charge in [-0.15, -0.1) is 5.10 Å². The van der Waals surface area contributed by atoms with Crippen LogP contribution in [-0.2, 0) is 13.6 Å². The fourth-order valence-corrected chi connectivity index (χ4v) is 4.00. The number of urea groups is 1. The quantitative estimate of drug-likeness (QED) is 0.665. The summed E-state index contributed by atoms with van der Waals surface area (Å²) in [6.45, 7) is 1.53. The van der Waals surface area contributed by atoms with E-state index in [9.17, 15) is 9.59 Å². The van der Waals surface area contributed by atoms with Crippen molar-refractivity contribution in [2.75, 3.05) is 20.1 Å². The average Bonchev–Trinajstić information content (AvgIpc) is 3.36. The molecule has 30 heavy (non-hydrogen) atoms. The number of aromatic nitrogens is 4. The van der Waals surface area contributed by atoms with Gasteiger partial charge in [-0.25, -0.2) is 9.48 Å². The van der Waals surface area contributed by atoms with Crippen LogP contribution in [0.1, 0.15) is 29.0 Å². The first-order valence-electron chi connectivity index (χ1n) is 9.84. The lowest BCUT2D eigenvalue weighted by atomic mass is 10.0. The Morgan fingerprint density at radius 2 is 2.20 bits per heavy atom. The van der Waals surface area contributed by atoms with Crippen LogP contribution < -0.4 is 5.32 Å². The zero-order valence-electron chi connectivity index (χ0n) is 16.9. The number of nitrogens with one attached hydrogen (secondary N) is 2. The molecule has 9 nitrogen and oxygen atoms in total. The first-order chi connectivity index (χ1) is 14.4. The summed E-state index contributed by atoms with van der Waals surface area (Å²) < 4.78 is 1.47. The molecule has 3 amide bonds. The maximum Gasteiger partial charge on any atom is 0.317 e. The van der Waals surface area contributed by atoms with Gasteiger partial charge < -0.3 is 20.1 Å². The molecule has 3 heterocycles. The number of hydrogen-bond acceptors (Lipinski definition) is 4. The highest BCUT2D eigenvalue weighted by molar-refractivity contribution is 6.31. The van der Waals surface area contributed by atoms with Crippen molar-refractivity contribution in [3.63, 3.8) is 0 Å². The number of nitrogens with zero attached hydrogens (tertiary/aromatic N) is 5. The van der Waals surface area contributed by atoms with Crippen LogP contribution in [0.25, 0.3) is 10.9 Å². The van der Waals surface area contributed by atoms with E-state index in [1.807, 2.05) is 24.3 Å². The monoisotopic (exact) mass is 429 g/mol. The second-order valence-corrected chi connectivity index (χ2v) is 8.02. The van der Waals surface area contributed by atoms with Crippen LogP contribution in [0, 0.1) is 0 Å². The Labute approximate surface area is 179 Å². The van der Waals surface area contributed by atoms with Gasteiger partial charge in [-0.3, -0.25) is 4.79 Å². The highest BCUT2D eigenvalue weighted by atomic mass is 35.5. The topological polar surface area (TPSA) is 99.2 Å². The van der Waals surface area contributed by atoms with Crippen molar-refractivity contribution < 1.29 is 9.59 Å². The second-order valence-electron chi connectivity index (χ2n) is 7.59. The maximum absolute atomic E-state index is 12.7. The van der Waals surface area contributed by atoms with Gasteiger partial charge in [0.2, 0.25) is 0 Å². The number of H-pyrrole nitrogens is 1. The minimum absolute atomic E-state index is 0.0505. The third-order valence-corrected chi connectivity index (χ3v) is 5.79. The first kappa shape index (κ1) is 20.2. The fraction of sp³-hybridized carbons (Fsp3) is 0.400. The van der Waals surface area contributed by atoms with Gasteiger partial charge in [0.05, 0.1) is 18.8 Å². The van der Waals surface area contributed by atoms with Gasteiger partial charge in [0.1, 0.15) is 5.69 Å². The smallest absolute Gasteiger partial charge is 0.317 e. The number of piperidine rings is 1. The molecule has 1 saturated heterocycles. The van der Waals surface area contributed by atoms with E-state index in [-0.39, 0.29) is 18.0 Å². The number of halogens is 1. The standard InChI is InChI=1S/C20H24ClN7O2/c1-26(16-4-3-7-28(12-16)19(29)18-11-23-25-27(18)2)20(30)22-10-15-9-13-8-14(21)5-6-17(13)24-15/h5-6,8-9,11,16,24H,3-4,7,10,12H2,1-2H3,(H,22,30). The van der Waals surface area contributed by atoms with E-state index < -0.39 is 0 Å². The molecule has 4 rings (SSSR count). The van der Waals surface area contributed by atoms with E-state index >= 15 is 0 Å². The van der Waals surface area contributed by atoms with E-state index in [0.29, 0.717) is 30.4 Å². The molecule has 0 spiro atoms. The van der Waals surface area contributed by atoms with Crippen LogP contribution in [0.4, 0.5) is 4.79 Å². The number of carbonyl (C=O) groups is 2. The Morgan fingerprint density at radius 3 is 2.97 bits per heavy atom. The highest BCUT2D eigenvalue weighted by Crippen LogP contribution is 2.20. The van der Waals surface area contributed by atoms with Crippen LogP contribution >= 0.6 is 11.6 Å². The summed E-state index contributed by atoms with van der Waals surface area (Å²) in [5.41, 5.74) is 2.32. The lowest BCUT2D eigenvalue weighted by Crippen LogP contribution is -2.52. The summed E-state index contributed by atoms with van der Waals surface area (Å²) in [4.78, 5) is 32.2. The molecular formula is C20H24ClN7O2. The minimum atomic E-state index is -0.173. The van der Waals surface area contributed by atoms with Crippen LogP contribution in [-0.4, -0.2) is 67.9 Å². The molecule has 0 aliphatic carbocycles. The fourth-order valence-electron chi connectivity index (χ4n) is 3.82. The molecule has 0 saturated carbocycles. The number of aryl methyl sites for hydroxylation is 1. The van der Waals surface area contributed by atoms with Crippen molar-refractivity contribution >= 4 is 34.4 Å². The van der Waals surface area contributed by atoms with Gasteiger partial charge in [-0.2, -0.15) is 0 Å². The lowest BCUT2D eigenvalue weighted by molar-refractivity contribution is 0.0625. The molecule has 1 atom stereocenters. The normalized spacial score (nSPS) is 16.6. The Morgan fingerprint density at radius 1 is 1.37 bits per heavy atom. The zero-order chi connectivity index (χ0) is 21.3. The number of hydrogen-bond donors (Lipinski definition) is 2. The summed E-state index contributed by atoms with van der Waals surface area (Å²) >= 11 is 6.03. The summed E-state index contributed by atoms with van der Waals surface area (Å²) in [5.74, 6) is -0.113. The van der Waals surface area contributed by atoms with E-state index in [1.165, 1.54) is 10.9 Å². The lowest BCUT2D eigenvalue weighted by Gasteiger charge is -2.37. The minimum Gasteiger partial charge on any atom is -0.357 e. The Bertz CT molecular complexity index is 1080. The number of likely N-dealkylation sites (N-methyl/N-ethyl adjacent to an activating group) is 1. The molecular weight excluding hydrogens is 406 g/mol. The van der Waals surface area contributed by atoms with Crippen molar-refractivity contribution in [2.45, 2.75) is 25.4 Å². The van der Waals surface area contributed by atoms with Gasteiger partial charge in [0.25, 0.3) is 5.91 Å². The summed E-state index contributed by atoms with van der Waals surface area (Å²) in [6, 6.07) is 7.38. The number of aromatic amines is 1. The molecule has 1 aliphatic rings. The van der Waals surface area contributed by atoms with Crippen LogP contribution in [0.2, 0.25) is 5.02 Å². The van der Waals surface area contributed by atoms with Crippen molar-refractivity contribution in [3.05, 3.63) is 46.9 Å². The molecule has 158 valence electrons. The van der Waals surface area contributed by atoms with Gasteiger partial charge in [-0.1, -0.05) is 16.8 Å². The number of rotatable bonds is 4. The molecule has 1 aromatic carbocycles. The predicted octanol–water partition coefficient (Wildman–Crippen LogP) is 2.40. The van der Waals surface area contributed by atoms with E-state index in [1.54, 1.807) is 23.9 Å². The van der Waals surface area contributed by atoms with E-state index in [4.69, 9.17) is 11.6 Å². The summed E-state index contributed by atoms with van der Waals surface area (Å²) in [7, 11) is 3.46. The Balaban J connectivity index is 1.35.